The molecular weight excluding hydrogens is 427 g/mol. The van der Waals surface area contributed by atoms with E-state index in [1.165, 1.54) is 23.6 Å². The molecule has 0 radical (unpaired) electrons. The molecule has 158 valence electrons. The number of benzene rings is 1. The number of hydrogen-bond donors (Lipinski definition) is 1. The van der Waals surface area contributed by atoms with Gasteiger partial charge >= 0.3 is 6.09 Å². The molecule has 2 heterocycles. The molecule has 2 aromatic heterocycles. The second-order valence-corrected chi connectivity index (χ2v) is 9.07. The molecule has 0 atom stereocenters. The first-order valence-electron chi connectivity index (χ1n) is 9.43. The number of anilines is 1. The van der Waals surface area contributed by atoms with Crippen molar-refractivity contribution in [2.45, 2.75) is 39.5 Å². The zero-order chi connectivity index (χ0) is 22.1. The van der Waals surface area contributed by atoms with Crippen LogP contribution in [0.3, 0.4) is 0 Å². The average molecular weight is 449 g/mol. The van der Waals surface area contributed by atoms with Gasteiger partial charge in [0.2, 0.25) is 5.28 Å². The Labute approximate surface area is 183 Å². The Morgan fingerprint density at radius 3 is 2.60 bits per heavy atom. The fourth-order valence-corrected chi connectivity index (χ4v) is 4.17. The highest BCUT2D eigenvalue weighted by atomic mass is 35.5. The molecule has 0 saturated carbocycles. The Morgan fingerprint density at radius 1 is 1.27 bits per heavy atom. The molecule has 0 fully saturated rings. The molecule has 0 bridgehead atoms. The quantitative estimate of drug-likeness (QED) is 0.466. The highest BCUT2D eigenvalue weighted by Gasteiger charge is 2.27. The molecule has 3 rings (SSSR count). The summed E-state index contributed by atoms with van der Waals surface area (Å²) in [7, 11) is 0. The van der Waals surface area contributed by atoms with Crippen molar-refractivity contribution in [2.24, 2.45) is 0 Å². The van der Waals surface area contributed by atoms with E-state index in [9.17, 15) is 9.90 Å². The molecule has 0 saturated heterocycles. The summed E-state index contributed by atoms with van der Waals surface area (Å²) in [6.45, 7) is 8.09. The van der Waals surface area contributed by atoms with E-state index in [1.807, 2.05) is 27.7 Å². The molecule has 0 unspecified atom stereocenters. The Bertz CT molecular complexity index is 1080. The molecule has 9 heteroatoms. The van der Waals surface area contributed by atoms with E-state index in [4.69, 9.17) is 16.6 Å². The Balaban J connectivity index is 2.24. The number of hydrogen-bond acceptors (Lipinski definition) is 5. The first-order valence-corrected chi connectivity index (χ1v) is 10.6. The van der Waals surface area contributed by atoms with Crippen molar-refractivity contribution >= 4 is 34.7 Å². The minimum absolute atomic E-state index is 0.00108. The SMILES string of the molecule is CCCN(C(=O)O)c1cccc(-c2nc(C(C)(C)C)sc2-c2ccnc(Cl)n2)c1F. The van der Waals surface area contributed by atoms with Gasteiger partial charge in [-0.1, -0.05) is 33.8 Å². The summed E-state index contributed by atoms with van der Waals surface area (Å²) in [5.74, 6) is -0.638. The third-order valence-corrected chi connectivity index (χ3v) is 6.02. The third kappa shape index (κ3) is 4.44. The topological polar surface area (TPSA) is 79.2 Å². The van der Waals surface area contributed by atoms with E-state index in [2.05, 4.69) is 9.97 Å². The van der Waals surface area contributed by atoms with Crippen molar-refractivity contribution in [1.82, 2.24) is 15.0 Å². The van der Waals surface area contributed by atoms with Gasteiger partial charge in [-0.05, 0) is 36.2 Å². The summed E-state index contributed by atoms with van der Waals surface area (Å²) < 4.78 is 15.6. The van der Waals surface area contributed by atoms with Gasteiger partial charge in [0.1, 0.15) is 0 Å². The Morgan fingerprint density at radius 2 is 2.00 bits per heavy atom. The highest BCUT2D eigenvalue weighted by molar-refractivity contribution is 7.15. The van der Waals surface area contributed by atoms with E-state index in [0.29, 0.717) is 22.7 Å². The minimum atomic E-state index is -1.20. The molecule has 1 aromatic carbocycles. The number of amides is 1. The largest absolute Gasteiger partial charge is 0.465 e. The van der Waals surface area contributed by atoms with Crippen LogP contribution in [0.15, 0.2) is 30.5 Å². The number of carbonyl (C=O) groups is 1. The third-order valence-electron chi connectivity index (χ3n) is 4.33. The molecule has 1 N–H and O–H groups in total. The van der Waals surface area contributed by atoms with E-state index in [1.54, 1.807) is 18.2 Å². The lowest BCUT2D eigenvalue weighted by atomic mass is 9.98. The van der Waals surface area contributed by atoms with Gasteiger partial charge in [0.15, 0.2) is 5.82 Å². The molecule has 3 aromatic rings. The van der Waals surface area contributed by atoms with Crippen LogP contribution in [-0.4, -0.2) is 32.7 Å². The molecule has 30 heavy (non-hydrogen) atoms. The van der Waals surface area contributed by atoms with Crippen molar-refractivity contribution in [3.8, 4) is 21.8 Å². The maximum atomic E-state index is 15.6. The zero-order valence-electron chi connectivity index (χ0n) is 17.1. The van der Waals surface area contributed by atoms with E-state index >= 15 is 4.39 Å². The summed E-state index contributed by atoms with van der Waals surface area (Å²) in [5, 5.41) is 10.4. The second kappa shape index (κ2) is 8.65. The fraction of sp³-hybridized carbons (Fsp3) is 0.333. The summed E-state index contributed by atoms with van der Waals surface area (Å²) in [5.41, 5.74) is 0.884. The minimum Gasteiger partial charge on any atom is -0.465 e. The molecule has 6 nitrogen and oxygen atoms in total. The van der Waals surface area contributed by atoms with Crippen molar-refractivity contribution in [2.75, 3.05) is 11.4 Å². The van der Waals surface area contributed by atoms with Gasteiger partial charge < -0.3 is 5.11 Å². The van der Waals surface area contributed by atoms with Crippen molar-refractivity contribution in [3.63, 3.8) is 0 Å². The van der Waals surface area contributed by atoms with Gasteiger partial charge in [-0.25, -0.2) is 24.1 Å². The molecule has 0 aliphatic rings. The van der Waals surface area contributed by atoms with E-state index in [0.717, 1.165) is 9.91 Å². The number of nitrogens with zero attached hydrogens (tertiary/aromatic N) is 4. The van der Waals surface area contributed by atoms with Crippen LogP contribution in [-0.2, 0) is 5.41 Å². The average Bonchev–Trinajstić information content (AvgIpc) is 3.12. The van der Waals surface area contributed by atoms with Crippen LogP contribution in [0.5, 0.6) is 0 Å². The van der Waals surface area contributed by atoms with Gasteiger partial charge in [-0.2, -0.15) is 0 Å². The van der Waals surface area contributed by atoms with Crippen LogP contribution >= 0.6 is 22.9 Å². The van der Waals surface area contributed by atoms with Gasteiger partial charge in [0.25, 0.3) is 0 Å². The van der Waals surface area contributed by atoms with Crippen molar-refractivity contribution in [3.05, 3.63) is 46.6 Å². The fourth-order valence-electron chi connectivity index (χ4n) is 2.91. The van der Waals surface area contributed by atoms with Crippen LogP contribution in [0.2, 0.25) is 5.28 Å². The standard InChI is InChI=1S/C21H22ClFN4O2S/c1-5-11-27(20(28)29)14-8-6-7-12(15(14)23)16-17(13-9-10-24-19(22)25-13)30-18(26-16)21(2,3)4/h6-10H,5,11H2,1-4H3,(H,28,29). The number of halogens is 2. The van der Waals surface area contributed by atoms with E-state index in [-0.39, 0.29) is 28.5 Å². The first-order chi connectivity index (χ1) is 14.1. The summed E-state index contributed by atoms with van der Waals surface area (Å²) >= 11 is 7.38. The molecule has 1 amide bonds. The monoisotopic (exact) mass is 448 g/mol. The van der Waals surface area contributed by atoms with Crippen LogP contribution in [0, 0.1) is 5.82 Å². The Hall–Kier alpha value is -2.58. The van der Waals surface area contributed by atoms with Crippen LogP contribution in [0.25, 0.3) is 21.8 Å². The lowest BCUT2D eigenvalue weighted by Crippen LogP contribution is -2.30. The summed E-state index contributed by atoms with van der Waals surface area (Å²) in [6.07, 6.45) is 0.890. The number of aromatic nitrogens is 3. The molecule has 0 spiro atoms. The summed E-state index contributed by atoms with van der Waals surface area (Å²) in [4.78, 5) is 26.2. The van der Waals surface area contributed by atoms with Crippen molar-refractivity contribution < 1.29 is 14.3 Å². The lowest BCUT2D eigenvalue weighted by Gasteiger charge is -2.20. The van der Waals surface area contributed by atoms with Crippen molar-refractivity contribution in [1.29, 1.82) is 0 Å². The summed E-state index contributed by atoms with van der Waals surface area (Å²) in [6, 6.07) is 6.38. The molecule has 0 aliphatic heterocycles. The van der Waals surface area contributed by atoms with Crippen LogP contribution in [0.1, 0.15) is 39.1 Å². The maximum absolute atomic E-state index is 15.6. The van der Waals surface area contributed by atoms with Gasteiger partial charge in [0, 0.05) is 23.7 Å². The highest BCUT2D eigenvalue weighted by Crippen LogP contribution is 2.42. The van der Waals surface area contributed by atoms with E-state index < -0.39 is 11.9 Å². The van der Waals surface area contributed by atoms with Gasteiger partial charge in [-0.3, -0.25) is 4.90 Å². The smallest absolute Gasteiger partial charge is 0.411 e. The maximum Gasteiger partial charge on any atom is 0.411 e. The number of thiazole rings is 1. The normalized spacial score (nSPS) is 11.5. The first kappa shape index (κ1) is 22.1. The number of carboxylic acid groups (broad SMARTS) is 1. The molecular formula is C21H22ClFN4O2S. The lowest BCUT2D eigenvalue weighted by molar-refractivity contribution is 0.201. The number of rotatable bonds is 5. The van der Waals surface area contributed by atoms with Crippen LogP contribution in [0.4, 0.5) is 14.9 Å². The van der Waals surface area contributed by atoms with Gasteiger partial charge in [0.05, 0.1) is 27.0 Å². The second-order valence-electron chi connectivity index (χ2n) is 7.73. The van der Waals surface area contributed by atoms with Gasteiger partial charge in [-0.15, -0.1) is 11.3 Å². The predicted molar refractivity (Wildman–Crippen MR) is 118 cm³/mol. The van der Waals surface area contributed by atoms with Crippen LogP contribution < -0.4 is 4.90 Å². The zero-order valence-corrected chi connectivity index (χ0v) is 18.7. The Kier molecular flexibility index (Phi) is 6.38. The predicted octanol–water partition coefficient (Wildman–Crippen LogP) is 6.25. The molecule has 0 aliphatic carbocycles.